The van der Waals surface area contributed by atoms with Crippen molar-refractivity contribution in [1.82, 2.24) is 5.43 Å². The van der Waals surface area contributed by atoms with Gasteiger partial charge in [-0.2, -0.15) is 5.10 Å². The maximum atomic E-state index is 10.9. The summed E-state index contributed by atoms with van der Waals surface area (Å²) >= 11 is 6.32. The van der Waals surface area contributed by atoms with Crippen LogP contribution >= 0.6 is 11.6 Å². The summed E-state index contributed by atoms with van der Waals surface area (Å²) in [6, 6.07) is 9.43. The maximum Gasteiger partial charge on any atom is 0.236 e. The molecule has 0 spiro atoms. The maximum absolute atomic E-state index is 10.9. The largest absolute Gasteiger partial charge is 0.493 e. The van der Waals surface area contributed by atoms with Crippen molar-refractivity contribution in [3.05, 3.63) is 52.0 Å². The molecule has 0 atom stereocenters. The zero-order chi connectivity index (χ0) is 20.5. The zero-order valence-electron chi connectivity index (χ0n) is 16.5. The first-order chi connectivity index (χ1) is 13.4. The van der Waals surface area contributed by atoms with Crippen molar-refractivity contribution in [2.45, 2.75) is 27.2 Å². The van der Waals surface area contributed by atoms with Crippen LogP contribution in [0.2, 0.25) is 5.02 Å². The highest BCUT2D eigenvalue weighted by atomic mass is 35.5. The number of benzene rings is 2. The van der Waals surface area contributed by atoms with Crippen LogP contribution in [0.3, 0.4) is 0 Å². The van der Waals surface area contributed by atoms with E-state index in [0.29, 0.717) is 41.7 Å². The molecule has 0 unspecified atom stereocenters. The number of carbonyl (C=O) groups excluding carboxylic acids is 1. The van der Waals surface area contributed by atoms with Gasteiger partial charge < -0.3 is 14.2 Å². The van der Waals surface area contributed by atoms with Gasteiger partial charge in [-0.25, -0.2) is 5.43 Å². The highest BCUT2D eigenvalue weighted by Gasteiger charge is 2.12. The Labute approximate surface area is 170 Å². The van der Waals surface area contributed by atoms with Gasteiger partial charge in [-0.05, 0) is 48.7 Å². The number of nitrogens with zero attached hydrogens (tertiary/aromatic N) is 1. The van der Waals surface area contributed by atoms with Crippen molar-refractivity contribution in [1.29, 1.82) is 0 Å². The van der Waals surface area contributed by atoms with E-state index in [0.717, 1.165) is 11.3 Å². The van der Waals surface area contributed by atoms with E-state index in [1.807, 2.05) is 19.1 Å². The van der Waals surface area contributed by atoms with E-state index in [1.54, 1.807) is 12.1 Å². The number of hydrogen-bond acceptors (Lipinski definition) is 5. The Balaban J connectivity index is 1.91. The molecule has 0 saturated heterocycles. The van der Waals surface area contributed by atoms with Crippen molar-refractivity contribution < 1.29 is 19.0 Å². The molecule has 0 bridgehead atoms. The topological polar surface area (TPSA) is 69.2 Å². The number of nitrogens with one attached hydrogen (secondary N) is 1. The standard InChI is InChI=1S/C21H25ClN2O4/c1-14-7-5-8-19(15(14)2)27-9-6-10-28-21-18(22)11-17(12-20(21)26-4)13-23-24-16(3)25/h5,7-8,11-13H,6,9-10H2,1-4H3,(H,24,25)/b23-13+. The summed E-state index contributed by atoms with van der Waals surface area (Å²) in [5.41, 5.74) is 5.36. The normalized spacial score (nSPS) is 10.8. The summed E-state index contributed by atoms with van der Waals surface area (Å²) < 4.78 is 17.0. The summed E-state index contributed by atoms with van der Waals surface area (Å²) in [4.78, 5) is 10.9. The second-order valence-corrected chi connectivity index (χ2v) is 6.62. The first-order valence-corrected chi connectivity index (χ1v) is 9.29. The molecule has 28 heavy (non-hydrogen) atoms. The van der Waals surface area contributed by atoms with Gasteiger partial charge in [0, 0.05) is 13.3 Å². The van der Waals surface area contributed by atoms with Gasteiger partial charge in [-0.1, -0.05) is 23.7 Å². The Bertz CT molecular complexity index is 853. The number of hydrazone groups is 1. The van der Waals surface area contributed by atoms with E-state index in [9.17, 15) is 4.79 Å². The molecule has 0 aliphatic carbocycles. The lowest BCUT2D eigenvalue weighted by atomic mass is 10.1. The molecule has 1 N–H and O–H groups in total. The van der Waals surface area contributed by atoms with Gasteiger partial charge in [0.15, 0.2) is 11.5 Å². The average molecular weight is 405 g/mol. The van der Waals surface area contributed by atoms with Gasteiger partial charge in [0.05, 0.1) is 31.6 Å². The van der Waals surface area contributed by atoms with Crippen molar-refractivity contribution in [2.24, 2.45) is 5.10 Å². The number of methoxy groups -OCH3 is 1. The third-order valence-electron chi connectivity index (χ3n) is 4.03. The van der Waals surface area contributed by atoms with E-state index in [2.05, 4.69) is 23.5 Å². The van der Waals surface area contributed by atoms with Crippen LogP contribution in [0.15, 0.2) is 35.4 Å². The van der Waals surface area contributed by atoms with Crippen molar-refractivity contribution in [3.63, 3.8) is 0 Å². The molecule has 0 heterocycles. The fourth-order valence-electron chi connectivity index (χ4n) is 2.45. The van der Waals surface area contributed by atoms with E-state index >= 15 is 0 Å². The molecule has 7 heteroatoms. The van der Waals surface area contributed by atoms with E-state index < -0.39 is 0 Å². The number of aryl methyl sites for hydroxylation is 1. The number of amides is 1. The van der Waals surface area contributed by atoms with Gasteiger partial charge in [-0.15, -0.1) is 0 Å². The smallest absolute Gasteiger partial charge is 0.236 e. The third-order valence-corrected chi connectivity index (χ3v) is 4.32. The molecule has 2 aromatic carbocycles. The summed E-state index contributed by atoms with van der Waals surface area (Å²) in [6.45, 7) is 6.45. The van der Waals surface area contributed by atoms with Gasteiger partial charge >= 0.3 is 0 Å². The van der Waals surface area contributed by atoms with E-state index in [1.165, 1.54) is 25.8 Å². The van der Waals surface area contributed by atoms with Gasteiger partial charge in [-0.3, -0.25) is 4.79 Å². The molecule has 0 aromatic heterocycles. The minimum absolute atomic E-state index is 0.252. The number of ether oxygens (including phenoxy) is 3. The van der Waals surface area contributed by atoms with Crippen LogP contribution in [0.1, 0.15) is 30.0 Å². The Morgan fingerprint density at radius 3 is 2.64 bits per heavy atom. The second kappa shape index (κ2) is 10.6. The van der Waals surface area contributed by atoms with Crippen molar-refractivity contribution >= 4 is 23.7 Å². The summed E-state index contributed by atoms with van der Waals surface area (Å²) in [5, 5.41) is 4.22. The van der Waals surface area contributed by atoms with Crippen LogP contribution in [-0.2, 0) is 4.79 Å². The molecule has 0 aliphatic rings. The lowest BCUT2D eigenvalue weighted by Crippen LogP contribution is -2.12. The fraction of sp³-hybridized carbons (Fsp3) is 0.333. The molecule has 0 saturated carbocycles. The van der Waals surface area contributed by atoms with Crippen LogP contribution in [0.4, 0.5) is 0 Å². The lowest BCUT2D eigenvalue weighted by molar-refractivity contribution is -0.118. The lowest BCUT2D eigenvalue weighted by Gasteiger charge is -2.14. The molecular formula is C21H25ClN2O4. The van der Waals surface area contributed by atoms with Gasteiger partial charge in [0.1, 0.15) is 5.75 Å². The summed E-state index contributed by atoms with van der Waals surface area (Å²) in [5.74, 6) is 1.59. The number of carbonyl (C=O) groups is 1. The van der Waals surface area contributed by atoms with Gasteiger partial charge in [0.2, 0.25) is 5.91 Å². The van der Waals surface area contributed by atoms with Crippen LogP contribution in [0, 0.1) is 13.8 Å². The summed E-state index contributed by atoms with van der Waals surface area (Å²) in [7, 11) is 1.54. The predicted molar refractivity (Wildman–Crippen MR) is 111 cm³/mol. The number of hydrogen-bond donors (Lipinski definition) is 1. The van der Waals surface area contributed by atoms with Crippen LogP contribution < -0.4 is 19.6 Å². The predicted octanol–water partition coefficient (Wildman–Crippen LogP) is 4.28. The van der Waals surface area contributed by atoms with Gasteiger partial charge in [0.25, 0.3) is 0 Å². The first-order valence-electron chi connectivity index (χ1n) is 8.91. The molecule has 0 radical (unpaired) electrons. The Kier molecular flexibility index (Phi) is 8.14. The highest BCUT2D eigenvalue weighted by molar-refractivity contribution is 6.32. The average Bonchev–Trinajstić information content (AvgIpc) is 2.65. The number of halogens is 1. The van der Waals surface area contributed by atoms with Crippen LogP contribution in [-0.4, -0.2) is 32.4 Å². The zero-order valence-corrected chi connectivity index (χ0v) is 17.3. The number of rotatable bonds is 9. The molecule has 2 rings (SSSR count). The van der Waals surface area contributed by atoms with Crippen LogP contribution in [0.5, 0.6) is 17.2 Å². The molecule has 2 aromatic rings. The molecule has 1 amide bonds. The monoisotopic (exact) mass is 404 g/mol. The SMILES string of the molecule is COc1cc(/C=N/NC(C)=O)cc(Cl)c1OCCCOc1cccc(C)c1C. The van der Waals surface area contributed by atoms with Crippen LogP contribution in [0.25, 0.3) is 0 Å². The van der Waals surface area contributed by atoms with E-state index in [4.69, 9.17) is 25.8 Å². The fourth-order valence-corrected chi connectivity index (χ4v) is 2.72. The molecule has 0 aliphatic heterocycles. The third kappa shape index (κ3) is 6.16. The minimum Gasteiger partial charge on any atom is -0.493 e. The van der Waals surface area contributed by atoms with E-state index in [-0.39, 0.29) is 5.91 Å². The highest BCUT2D eigenvalue weighted by Crippen LogP contribution is 2.36. The second-order valence-electron chi connectivity index (χ2n) is 6.21. The molecular weight excluding hydrogens is 380 g/mol. The van der Waals surface area contributed by atoms with Crippen molar-refractivity contribution in [2.75, 3.05) is 20.3 Å². The van der Waals surface area contributed by atoms with Crippen molar-refractivity contribution in [3.8, 4) is 17.2 Å². The quantitative estimate of drug-likeness (QED) is 0.384. The summed E-state index contributed by atoms with van der Waals surface area (Å²) in [6.07, 6.45) is 2.18. The Morgan fingerprint density at radius 2 is 1.93 bits per heavy atom. The first kappa shape index (κ1) is 21.6. The Morgan fingerprint density at radius 1 is 1.18 bits per heavy atom. The Hall–Kier alpha value is -2.73. The molecule has 0 fully saturated rings. The minimum atomic E-state index is -0.252. The molecule has 6 nitrogen and oxygen atoms in total. The molecule has 150 valence electrons.